The molecule has 0 saturated heterocycles. The van der Waals surface area contributed by atoms with Crippen LogP contribution in [0.4, 0.5) is 0 Å². The zero-order valence-corrected chi connectivity index (χ0v) is 22.6. The summed E-state index contributed by atoms with van der Waals surface area (Å²) in [7, 11) is -2.36. The Hall–Kier alpha value is -2.88. The smallest absolute Gasteiger partial charge is 0.243 e. The van der Waals surface area contributed by atoms with Gasteiger partial charge in [0.25, 0.3) is 0 Å². The van der Waals surface area contributed by atoms with Crippen molar-refractivity contribution in [2.75, 3.05) is 26.8 Å². The van der Waals surface area contributed by atoms with Crippen LogP contribution in [0, 0.1) is 6.92 Å². The minimum atomic E-state index is -3.89. The molecule has 0 N–H and O–H groups in total. The summed E-state index contributed by atoms with van der Waals surface area (Å²) < 4.78 is 39.5. The van der Waals surface area contributed by atoms with Crippen molar-refractivity contribution in [2.24, 2.45) is 0 Å². The summed E-state index contributed by atoms with van der Waals surface area (Å²) in [6, 6.07) is 15.4. The van der Waals surface area contributed by atoms with Crippen LogP contribution in [-0.4, -0.2) is 56.4 Å². The molecule has 2 aromatic carbocycles. The lowest BCUT2D eigenvalue weighted by atomic mass is 10.0. The van der Waals surface area contributed by atoms with Gasteiger partial charge in [-0.1, -0.05) is 18.2 Å². The molecule has 1 amide bonds. The van der Waals surface area contributed by atoms with Gasteiger partial charge in [-0.25, -0.2) is 8.42 Å². The summed E-state index contributed by atoms with van der Waals surface area (Å²) in [4.78, 5) is 16.8. The zero-order chi connectivity index (χ0) is 25.9. The summed E-state index contributed by atoms with van der Waals surface area (Å²) in [5, 5.41) is 2.04. The fourth-order valence-electron chi connectivity index (χ4n) is 4.41. The van der Waals surface area contributed by atoms with E-state index >= 15 is 0 Å². The fraction of sp³-hybridized carbons (Fsp3) is 0.370. The first kappa shape index (κ1) is 26.2. The van der Waals surface area contributed by atoms with Gasteiger partial charge in [0, 0.05) is 17.5 Å². The van der Waals surface area contributed by atoms with E-state index in [0.717, 1.165) is 23.3 Å². The summed E-state index contributed by atoms with van der Waals surface area (Å²) in [5.41, 5.74) is 2.09. The molecule has 1 atom stereocenters. The molecule has 0 spiro atoms. The number of thiophene rings is 1. The fourth-order valence-corrected chi connectivity index (χ4v) is 6.93. The first-order valence-electron chi connectivity index (χ1n) is 11.9. The van der Waals surface area contributed by atoms with E-state index in [1.165, 1.54) is 28.4 Å². The molecule has 3 aromatic rings. The summed E-state index contributed by atoms with van der Waals surface area (Å²) in [5.74, 6) is 1.10. The van der Waals surface area contributed by atoms with Gasteiger partial charge >= 0.3 is 0 Å². The number of aryl methyl sites for hydroxylation is 1. The highest BCUT2D eigenvalue weighted by atomic mass is 32.2. The summed E-state index contributed by atoms with van der Waals surface area (Å²) >= 11 is 1.68. The van der Waals surface area contributed by atoms with Crippen LogP contribution >= 0.6 is 11.3 Å². The predicted octanol–water partition coefficient (Wildman–Crippen LogP) is 4.67. The maximum absolute atomic E-state index is 13.7. The highest BCUT2D eigenvalue weighted by Gasteiger charge is 2.36. The molecule has 1 aliphatic rings. The number of nitrogens with zero attached hydrogens (tertiary/aromatic N) is 2. The zero-order valence-electron chi connectivity index (χ0n) is 21.0. The van der Waals surface area contributed by atoms with Gasteiger partial charge in [0.15, 0.2) is 0 Å². The lowest BCUT2D eigenvalue weighted by molar-refractivity contribution is -0.135. The third-order valence-electron chi connectivity index (χ3n) is 6.44. The average Bonchev–Trinajstić information content (AvgIpc) is 3.35. The molecule has 36 heavy (non-hydrogen) atoms. The van der Waals surface area contributed by atoms with Gasteiger partial charge in [-0.3, -0.25) is 4.79 Å². The third-order valence-corrected chi connectivity index (χ3v) is 9.47. The van der Waals surface area contributed by atoms with Crippen molar-refractivity contribution in [1.29, 1.82) is 0 Å². The Labute approximate surface area is 217 Å². The number of hydrogen-bond donors (Lipinski definition) is 0. The SMILES string of the molecule is COc1ccc(S(=O)(=O)N(CC(=O)N2CCc3sccc3[C@@H]2COc2ccccc2C)C(C)C)cc1. The number of rotatable bonds is 9. The van der Waals surface area contributed by atoms with Gasteiger partial charge in [-0.05, 0) is 80.1 Å². The van der Waals surface area contributed by atoms with E-state index in [0.29, 0.717) is 18.9 Å². The van der Waals surface area contributed by atoms with Crippen molar-refractivity contribution < 1.29 is 22.7 Å². The van der Waals surface area contributed by atoms with E-state index in [1.807, 2.05) is 42.6 Å². The molecular formula is C27H32N2O5S2. The Balaban J connectivity index is 1.57. The Morgan fingerprint density at radius 1 is 1.14 bits per heavy atom. The van der Waals surface area contributed by atoms with Crippen LogP contribution in [0.2, 0.25) is 0 Å². The van der Waals surface area contributed by atoms with Crippen LogP contribution in [0.15, 0.2) is 64.9 Å². The van der Waals surface area contributed by atoms with Crippen LogP contribution in [0.5, 0.6) is 11.5 Å². The Morgan fingerprint density at radius 2 is 1.86 bits per heavy atom. The molecular weight excluding hydrogens is 496 g/mol. The van der Waals surface area contributed by atoms with Gasteiger partial charge in [-0.15, -0.1) is 11.3 Å². The number of hydrogen-bond acceptors (Lipinski definition) is 6. The number of amides is 1. The number of carbonyl (C=O) groups excluding carboxylic acids is 1. The second-order valence-corrected chi connectivity index (χ2v) is 11.9. The van der Waals surface area contributed by atoms with Gasteiger partial charge in [-0.2, -0.15) is 4.31 Å². The first-order valence-corrected chi connectivity index (χ1v) is 14.2. The number of benzene rings is 2. The molecule has 1 aliphatic heterocycles. The second kappa shape index (κ2) is 11.0. The van der Waals surface area contributed by atoms with E-state index in [4.69, 9.17) is 9.47 Å². The van der Waals surface area contributed by atoms with Crippen molar-refractivity contribution in [2.45, 2.75) is 44.2 Å². The van der Waals surface area contributed by atoms with E-state index < -0.39 is 16.1 Å². The van der Waals surface area contributed by atoms with Gasteiger partial charge in [0.1, 0.15) is 18.1 Å². The Bertz CT molecular complexity index is 1300. The first-order chi connectivity index (χ1) is 17.2. The summed E-state index contributed by atoms with van der Waals surface area (Å²) in [6.07, 6.45) is 0.743. The minimum absolute atomic E-state index is 0.128. The van der Waals surface area contributed by atoms with Crippen LogP contribution in [0.3, 0.4) is 0 Å². The monoisotopic (exact) mass is 528 g/mol. The lowest BCUT2D eigenvalue weighted by Gasteiger charge is -2.37. The molecule has 0 aliphatic carbocycles. The summed E-state index contributed by atoms with van der Waals surface area (Å²) in [6.45, 7) is 6.11. The van der Waals surface area contributed by atoms with E-state index in [1.54, 1.807) is 42.2 Å². The van der Waals surface area contributed by atoms with E-state index in [2.05, 4.69) is 0 Å². The van der Waals surface area contributed by atoms with Crippen molar-refractivity contribution in [3.63, 3.8) is 0 Å². The quantitative estimate of drug-likeness (QED) is 0.404. The molecule has 1 aromatic heterocycles. The minimum Gasteiger partial charge on any atom is -0.497 e. The van der Waals surface area contributed by atoms with Crippen LogP contribution < -0.4 is 9.47 Å². The molecule has 192 valence electrons. The molecule has 7 nitrogen and oxygen atoms in total. The van der Waals surface area contributed by atoms with E-state index in [9.17, 15) is 13.2 Å². The molecule has 9 heteroatoms. The standard InChI is InChI=1S/C27H32N2O5S2/c1-19(2)29(36(31,32)22-11-9-21(33-4)10-12-22)17-27(30)28-15-13-26-23(14-16-35-26)24(28)18-34-25-8-6-5-7-20(25)3/h5-12,14,16,19,24H,13,15,17-18H2,1-4H3/t24-/m0/s1. The molecule has 2 heterocycles. The largest absolute Gasteiger partial charge is 0.497 e. The Morgan fingerprint density at radius 3 is 2.53 bits per heavy atom. The highest BCUT2D eigenvalue weighted by Crippen LogP contribution is 2.34. The molecule has 0 saturated carbocycles. The van der Waals surface area contributed by atoms with Gasteiger partial charge in [0.2, 0.25) is 15.9 Å². The lowest BCUT2D eigenvalue weighted by Crippen LogP contribution is -2.49. The number of carbonyl (C=O) groups is 1. The number of sulfonamides is 1. The van der Waals surface area contributed by atoms with Crippen LogP contribution in [-0.2, 0) is 21.2 Å². The number of ether oxygens (including phenoxy) is 2. The van der Waals surface area contributed by atoms with Crippen LogP contribution in [0.1, 0.15) is 35.9 Å². The van der Waals surface area contributed by atoms with E-state index in [-0.39, 0.29) is 23.4 Å². The van der Waals surface area contributed by atoms with Gasteiger partial charge in [0.05, 0.1) is 24.6 Å². The van der Waals surface area contributed by atoms with Crippen molar-refractivity contribution in [3.8, 4) is 11.5 Å². The third kappa shape index (κ3) is 5.43. The van der Waals surface area contributed by atoms with Gasteiger partial charge < -0.3 is 14.4 Å². The maximum atomic E-state index is 13.7. The van der Waals surface area contributed by atoms with Crippen molar-refractivity contribution in [3.05, 3.63) is 76.0 Å². The molecule has 0 bridgehead atoms. The Kier molecular flexibility index (Phi) is 8.02. The van der Waals surface area contributed by atoms with Crippen LogP contribution in [0.25, 0.3) is 0 Å². The molecule has 0 fully saturated rings. The number of fused-ring (bicyclic) bond motifs is 1. The maximum Gasteiger partial charge on any atom is 0.243 e. The number of methoxy groups -OCH3 is 1. The molecule has 0 radical (unpaired) electrons. The molecule has 4 rings (SSSR count). The normalized spacial score (nSPS) is 15.7. The number of para-hydroxylation sites is 1. The molecule has 0 unspecified atom stereocenters. The predicted molar refractivity (Wildman–Crippen MR) is 141 cm³/mol. The topological polar surface area (TPSA) is 76.2 Å². The average molecular weight is 529 g/mol. The highest BCUT2D eigenvalue weighted by molar-refractivity contribution is 7.89. The van der Waals surface area contributed by atoms with Crippen molar-refractivity contribution in [1.82, 2.24) is 9.21 Å². The van der Waals surface area contributed by atoms with Crippen molar-refractivity contribution >= 4 is 27.3 Å². The second-order valence-electron chi connectivity index (χ2n) is 9.05.